The van der Waals surface area contributed by atoms with Crippen molar-refractivity contribution in [2.45, 2.75) is 26.2 Å². The number of pyridine rings is 1. The summed E-state index contributed by atoms with van der Waals surface area (Å²) in [5.74, 6) is 6.19. The highest BCUT2D eigenvalue weighted by Crippen LogP contribution is 2.23. The van der Waals surface area contributed by atoms with Gasteiger partial charge in [-0.3, -0.25) is 15.6 Å². The fourth-order valence-corrected chi connectivity index (χ4v) is 2.41. The van der Waals surface area contributed by atoms with Gasteiger partial charge in [0.05, 0.1) is 11.3 Å². The summed E-state index contributed by atoms with van der Waals surface area (Å²) in [6.45, 7) is 3.87. The van der Waals surface area contributed by atoms with E-state index < -0.39 is 0 Å². The standard InChI is InChI=1S/C13H20N4O/c1-2-10-4-7-17(8-5-10)13(18)11-9-15-6-3-12(11)16-14/h3,6,9-10H,2,4-5,7-8,14H2,1H3,(H,15,16). The minimum atomic E-state index is 0.0191. The van der Waals surface area contributed by atoms with Crippen molar-refractivity contribution in [2.24, 2.45) is 11.8 Å². The zero-order chi connectivity index (χ0) is 13.0. The number of hydrazine groups is 1. The van der Waals surface area contributed by atoms with Crippen molar-refractivity contribution in [3.8, 4) is 0 Å². The molecular formula is C13H20N4O. The Labute approximate surface area is 107 Å². The lowest BCUT2D eigenvalue weighted by molar-refractivity contribution is 0.0689. The van der Waals surface area contributed by atoms with Crippen molar-refractivity contribution in [1.82, 2.24) is 9.88 Å². The van der Waals surface area contributed by atoms with E-state index in [0.717, 1.165) is 31.8 Å². The van der Waals surface area contributed by atoms with E-state index in [2.05, 4.69) is 17.3 Å². The number of nitrogens with two attached hydrogens (primary N) is 1. The van der Waals surface area contributed by atoms with Crippen molar-refractivity contribution in [2.75, 3.05) is 18.5 Å². The molecule has 1 aliphatic rings. The lowest BCUT2D eigenvalue weighted by atomic mass is 9.94. The molecule has 0 radical (unpaired) electrons. The number of hydrogen-bond acceptors (Lipinski definition) is 4. The van der Waals surface area contributed by atoms with Gasteiger partial charge in [-0.2, -0.15) is 0 Å². The Morgan fingerprint density at radius 2 is 2.28 bits per heavy atom. The topological polar surface area (TPSA) is 71.2 Å². The highest BCUT2D eigenvalue weighted by atomic mass is 16.2. The third-order valence-corrected chi connectivity index (χ3v) is 3.69. The predicted molar refractivity (Wildman–Crippen MR) is 71.0 cm³/mol. The molecule has 1 amide bonds. The summed E-state index contributed by atoms with van der Waals surface area (Å²) in [5.41, 5.74) is 3.73. The van der Waals surface area contributed by atoms with E-state index >= 15 is 0 Å². The van der Waals surface area contributed by atoms with E-state index in [1.165, 1.54) is 6.42 Å². The number of nitrogen functional groups attached to an aromatic ring is 1. The SMILES string of the molecule is CCC1CCN(C(=O)c2cnccc2NN)CC1. The Balaban J connectivity index is 2.08. The van der Waals surface area contributed by atoms with Gasteiger partial charge in [-0.15, -0.1) is 0 Å². The second-order valence-corrected chi connectivity index (χ2v) is 4.71. The maximum atomic E-state index is 12.4. The molecular weight excluding hydrogens is 228 g/mol. The van der Waals surface area contributed by atoms with Gasteiger partial charge < -0.3 is 10.3 Å². The molecule has 1 fully saturated rings. The number of carbonyl (C=O) groups is 1. The quantitative estimate of drug-likeness (QED) is 0.630. The van der Waals surface area contributed by atoms with Gasteiger partial charge in [-0.05, 0) is 24.8 Å². The zero-order valence-corrected chi connectivity index (χ0v) is 10.7. The van der Waals surface area contributed by atoms with E-state index in [0.29, 0.717) is 11.3 Å². The zero-order valence-electron chi connectivity index (χ0n) is 10.7. The molecule has 2 heterocycles. The van der Waals surface area contributed by atoms with Crippen LogP contribution in [0.5, 0.6) is 0 Å². The number of likely N-dealkylation sites (tertiary alicyclic amines) is 1. The van der Waals surface area contributed by atoms with Gasteiger partial charge in [0.2, 0.25) is 0 Å². The highest BCUT2D eigenvalue weighted by Gasteiger charge is 2.24. The highest BCUT2D eigenvalue weighted by molar-refractivity contribution is 5.99. The first-order valence-corrected chi connectivity index (χ1v) is 6.46. The Kier molecular flexibility index (Phi) is 4.15. The molecule has 18 heavy (non-hydrogen) atoms. The first-order valence-electron chi connectivity index (χ1n) is 6.46. The predicted octanol–water partition coefficient (Wildman–Crippen LogP) is 1.63. The molecule has 1 aromatic rings. The normalized spacial score (nSPS) is 16.7. The summed E-state index contributed by atoms with van der Waals surface area (Å²) >= 11 is 0. The number of anilines is 1. The Bertz CT molecular complexity index is 413. The van der Waals surface area contributed by atoms with Crippen LogP contribution in [-0.4, -0.2) is 28.9 Å². The van der Waals surface area contributed by atoms with Crippen molar-refractivity contribution in [3.63, 3.8) is 0 Å². The van der Waals surface area contributed by atoms with Crippen LogP contribution < -0.4 is 11.3 Å². The van der Waals surface area contributed by atoms with Crippen molar-refractivity contribution in [3.05, 3.63) is 24.0 Å². The average Bonchev–Trinajstić information content (AvgIpc) is 2.46. The molecule has 0 aliphatic carbocycles. The molecule has 0 unspecified atom stereocenters. The Morgan fingerprint density at radius 3 is 2.89 bits per heavy atom. The van der Waals surface area contributed by atoms with Gasteiger partial charge in [0, 0.05) is 25.5 Å². The minimum absolute atomic E-state index is 0.0191. The van der Waals surface area contributed by atoms with Crippen LogP contribution >= 0.6 is 0 Å². The Hall–Kier alpha value is -1.62. The maximum Gasteiger partial charge on any atom is 0.257 e. The summed E-state index contributed by atoms with van der Waals surface area (Å²) in [6.07, 6.45) is 6.57. The number of nitrogens with one attached hydrogen (secondary N) is 1. The van der Waals surface area contributed by atoms with Gasteiger partial charge in [-0.25, -0.2) is 0 Å². The number of carbonyl (C=O) groups excluding carboxylic acids is 1. The summed E-state index contributed by atoms with van der Waals surface area (Å²) in [5, 5.41) is 0. The molecule has 2 rings (SSSR count). The minimum Gasteiger partial charge on any atom is -0.339 e. The van der Waals surface area contributed by atoms with E-state index in [-0.39, 0.29) is 5.91 Å². The van der Waals surface area contributed by atoms with E-state index in [4.69, 9.17) is 5.84 Å². The lowest BCUT2D eigenvalue weighted by Crippen LogP contribution is -2.38. The number of amides is 1. The molecule has 0 saturated carbocycles. The molecule has 0 atom stereocenters. The van der Waals surface area contributed by atoms with Crippen molar-refractivity contribution >= 4 is 11.6 Å². The van der Waals surface area contributed by atoms with E-state index in [1.54, 1.807) is 18.5 Å². The fraction of sp³-hybridized carbons (Fsp3) is 0.538. The summed E-state index contributed by atoms with van der Waals surface area (Å²) in [4.78, 5) is 18.3. The van der Waals surface area contributed by atoms with Crippen molar-refractivity contribution in [1.29, 1.82) is 0 Å². The van der Waals surface area contributed by atoms with Crippen LogP contribution in [0.2, 0.25) is 0 Å². The average molecular weight is 248 g/mol. The van der Waals surface area contributed by atoms with Crippen LogP contribution in [0.15, 0.2) is 18.5 Å². The van der Waals surface area contributed by atoms with Crippen LogP contribution in [-0.2, 0) is 0 Å². The second-order valence-electron chi connectivity index (χ2n) is 4.71. The third-order valence-electron chi connectivity index (χ3n) is 3.69. The fourth-order valence-electron chi connectivity index (χ4n) is 2.41. The Morgan fingerprint density at radius 1 is 1.56 bits per heavy atom. The van der Waals surface area contributed by atoms with Crippen LogP contribution in [0.25, 0.3) is 0 Å². The number of piperidine rings is 1. The number of nitrogens with zero attached hydrogens (tertiary/aromatic N) is 2. The van der Waals surface area contributed by atoms with E-state index in [9.17, 15) is 4.79 Å². The first-order chi connectivity index (χ1) is 8.76. The number of aromatic nitrogens is 1. The van der Waals surface area contributed by atoms with Crippen molar-refractivity contribution < 1.29 is 4.79 Å². The maximum absolute atomic E-state index is 12.4. The molecule has 98 valence electrons. The second kappa shape index (κ2) is 5.82. The third kappa shape index (κ3) is 2.61. The molecule has 3 N–H and O–H groups in total. The van der Waals surface area contributed by atoms with Crippen LogP contribution in [0, 0.1) is 5.92 Å². The molecule has 5 heteroatoms. The molecule has 5 nitrogen and oxygen atoms in total. The van der Waals surface area contributed by atoms with Gasteiger partial charge in [0.15, 0.2) is 0 Å². The van der Waals surface area contributed by atoms with Crippen LogP contribution in [0.1, 0.15) is 36.5 Å². The monoisotopic (exact) mass is 248 g/mol. The molecule has 0 spiro atoms. The summed E-state index contributed by atoms with van der Waals surface area (Å²) < 4.78 is 0. The van der Waals surface area contributed by atoms with Gasteiger partial charge in [0.25, 0.3) is 5.91 Å². The van der Waals surface area contributed by atoms with Gasteiger partial charge in [-0.1, -0.05) is 13.3 Å². The molecule has 1 aliphatic heterocycles. The molecule has 0 aromatic carbocycles. The molecule has 1 aromatic heterocycles. The molecule has 0 bridgehead atoms. The van der Waals surface area contributed by atoms with Crippen LogP contribution in [0.3, 0.4) is 0 Å². The molecule has 1 saturated heterocycles. The smallest absolute Gasteiger partial charge is 0.257 e. The van der Waals surface area contributed by atoms with E-state index in [1.807, 2.05) is 4.90 Å². The van der Waals surface area contributed by atoms with Gasteiger partial charge in [0.1, 0.15) is 0 Å². The largest absolute Gasteiger partial charge is 0.339 e. The summed E-state index contributed by atoms with van der Waals surface area (Å²) in [7, 11) is 0. The van der Waals surface area contributed by atoms with Crippen LogP contribution in [0.4, 0.5) is 5.69 Å². The number of hydrogen-bond donors (Lipinski definition) is 2. The number of rotatable bonds is 3. The summed E-state index contributed by atoms with van der Waals surface area (Å²) in [6, 6.07) is 1.71. The lowest BCUT2D eigenvalue weighted by Gasteiger charge is -2.31. The first kappa shape index (κ1) is 12.8. The van der Waals surface area contributed by atoms with Gasteiger partial charge >= 0.3 is 0 Å².